The van der Waals surface area contributed by atoms with Crippen LogP contribution in [0.4, 0.5) is 0 Å². The van der Waals surface area contributed by atoms with Crippen molar-refractivity contribution >= 4 is 23.2 Å². The van der Waals surface area contributed by atoms with Crippen LogP contribution in [-0.4, -0.2) is 62.5 Å². The van der Waals surface area contributed by atoms with Gasteiger partial charge >= 0.3 is 0 Å². The Morgan fingerprint density at radius 3 is 2.55 bits per heavy atom. The number of nitrogens with one attached hydrogen (secondary N) is 1. The van der Waals surface area contributed by atoms with Crippen molar-refractivity contribution in [2.75, 3.05) is 6.54 Å². The maximum atomic E-state index is 14.0. The van der Waals surface area contributed by atoms with E-state index in [1.165, 1.54) is 4.88 Å². The number of nitrogens with zero attached hydrogens (tertiary/aromatic N) is 3. The van der Waals surface area contributed by atoms with Gasteiger partial charge in [0.15, 0.2) is 0 Å². The van der Waals surface area contributed by atoms with Gasteiger partial charge in [0.25, 0.3) is 5.91 Å². The molecule has 8 heteroatoms. The number of rotatable bonds is 8. The second-order valence-corrected chi connectivity index (χ2v) is 11.7. The number of aliphatic hydroxyl groups is 1. The summed E-state index contributed by atoms with van der Waals surface area (Å²) in [4.78, 5) is 36.2. The molecule has 0 radical (unpaired) electrons. The predicted octanol–water partition coefficient (Wildman–Crippen LogP) is 4.24. The zero-order valence-corrected chi connectivity index (χ0v) is 23.2. The molecule has 2 aliphatic rings. The molecule has 5 rings (SSSR count). The van der Waals surface area contributed by atoms with Crippen molar-refractivity contribution in [3.63, 3.8) is 0 Å². The molecule has 0 saturated carbocycles. The van der Waals surface area contributed by atoms with Gasteiger partial charge in [-0.25, -0.2) is 4.98 Å². The molecule has 4 atom stereocenters. The fraction of sp³-hybridized carbons (Fsp3) is 0.433. The highest BCUT2D eigenvalue weighted by Gasteiger charge is 2.45. The molecule has 1 fully saturated rings. The first kappa shape index (κ1) is 26.5. The second kappa shape index (κ2) is 11.0. The van der Waals surface area contributed by atoms with E-state index in [0.717, 1.165) is 22.4 Å². The molecular weight excluding hydrogens is 496 g/mol. The number of thiazole rings is 1. The van der Waals surface area contributed by atoms with E-state index in [1.54, 1.807) is 21.1 Å². The van der Waals surface area contributed by atoms with Crippen LogP contribution in [0, 0.1) is 12.8 Å². The number of carbonyl (C=O) groups is 2. The van der Waals surface area contributed by atoms with Gasteiger partial charge < -0.3 is 20.2 Å². The zero-order valence-electron chi connectivity index (χ0n) is 22.4. The third kappa shape index (κ3) is 5.13. The van der Waals surface area contributed by atoms with Crippen LogP contribution < -0.4 is 5.32 Å². The summed E-state index contributed by atoms with van der Waals surface area (Å²) in [7, 11) is 0. The van der Waals surface area contributed by atoms with Gasteiger partial charge in [-0.1, -0.05) is 56.3 Å². The van der Waals surface area contributed by atoms with Crippen LogP contribution in [0.25, 0.3) is 10.4 Å². The number of aromatic nitrogens is 1. The van der Waals surface area contributed by atoms with Gasteiger partial charge in [-0.15, -0.1) is 11.3 Å². The number of aliphatic hydroxyl groups excluding tert-OH is 1. The molecule has 2 amide bonds. The van der Waals surface area contributed by atoms with E-state index < -0.39 is 12.1 Å². The minimum Gasteiger partial charge on any atom is -0.391 e. The highest BCUT2D eigenvalue weighted by molar-refractivity contribution is 7.13. The number of carbonyl (C=O) groups excluding carboxylic acids is 2. The van der Waals surface area contributed by atoms with Crippen molar-refractivity contribution in [3.8, 4) is 10.4 Å². The molecule has 2 aromatic carbocycles. The predicted molar refractivity (Wildman–Crippen MR) is 150 cm³/mol. The molecule has 1 aromatic heterocycles. The van der Waals surface area contributed by atoms with Crippen molar-refractivity contribution in [2.45, 2.75) is 71.4 Å². The third-order valence-corrected chi connectivity index (χ3v) is 8.82. The lowest BCUT2D eigenvalue weighted by atomic mass is 9.99. The first-order valence-electron chi connectivity index (χ1n) is 13.3. The molecule has 2 N–H and O–H groups in total. The summed E-state index contributed by atoms with van der Waals surface area (Å²) in [5, 5.41) is 14.1. The quantitative estimate of drug-likeness (QED) is 0.453. The fourth-order valence-electron chi connectivity index (χ4n) is 5.79. The summed E-state index contributed by atoms with van der Waals surface area (Å²) in [6, 6.07) is 15.3. The monoisotopic (exact) mass is 532 g/mol. The molecule has 1 saturated heterocycles. The highest BCUT2D eigenvalue weighted by Crippen LogP contribution is 2.31. The van der Waals surface area contributed by atoms with Gasteiger partial charge in [-0.2, -0.15) is 0 Å². The van der Waals surface area contributed by atoms with Crippen LogP contribution in [0.3, 0.4) is 0 Å². The Morgan fingerprint density at radius 1 is 1.16 bits per heavy atom. The maximum absolute atomic E-state index is 14.0. The molecular formula is C30H36N4O3S. The summed E-state index contributed by atoms with van der Waals surface area (Å²) in [6.45, 7) is 9.45. The number of hydrogen-bond donors (Lipinski definition) is 2. The number of benzene rings is 2. The van der Waals surface area contributed by atoms with Gasteiger partial charge in [0.2, 0.25) is 5.91 Å². The SMILES string of the molecule is Cc1ncsc1-c1ccc(CN[C@H](C)[C@@H]2C[C@@H](O)CN2C(=O)[C@H](C(C)C)N2Cc3ccccc3C2=O)cc1. The van der Waals surface area contributed by atoms with Crippen LogP contribution in [0.5, 0.6) is 0 Å². The molecule has 200 valence electrons. The Hall–Kier alpha value is -3.07. The minimum atomic E-state index is -0.575. The average Bonchev–Trinajstić information content (AvgIpc) is 3.60. The fourth-order valence-corrected chi connectivity index (χ4v) is 6.60. The molecule has 0 aliphatic carbocycles. The molecule has 0 spiro atoms. The van der Waals surface area contributed by atoms with Crippen LogP contribution in [-0.2, 0) is 17.9 Å². The lowest BCUT2D eigenvalue weighted by Crippen LogP contribution is -2.56. The molecule has 2 aliphatic heterocycles. The highest BCUT2D eigenvalue weighted by atomic mass is 32.1. The topological polar surface area (TPSA) is 85.8 Å². The average molecular weight is 533 g/mol. The van der Waals surface area contributed by atoms with Gasteiger partial charge in [0, 0.05) is 37.3 Å². The maximum Gasteiger partial charge on any atom is 0.255 e. The lowest BCUT2D eigenvalue weighted by Gasteiger charge is -2.37. The van der Waals surface area contributed by atoms with Crippen LogP contribution in [0.1, 0.15) is 54.4 Å². The first-order valence-corrected chi connectivity index (χ1v) is 14.2. The Bertz CT molecular complexity index is 1300. The third-order valence-electron chi connectivity index (χ3n) is 7.84. The number of aryl methyl sites for hydroxylation is 1. The van der Waals surface area contributed by atoms with E-state index in [-0.39, 0.29) is 36.4 Å². The van der Waals surface area contributed by atoms with Crippen LogP contribution in [0.15, 0.2) is 54.0 Å². The summed E-state index contributed by atoms with van der Waals surface area (Å²) in [5.74, 6) is -0.226. The number of β-amino-alcohol motifs (C(OH)–C–C–N with tert-alkyl or cyclic N) is 1. The van der Waals surface area contributed by atoms with E-state index in [9.17, 15) is 14.7 Å². The molecule has 3 aromatic rings. The molecule has 0 bridgehead atoms. The van der Waals surface area contributed by atoms with E-state index in [0.29, 0.717) is 25.1 Å². The standard InChI is InChI=1S/C30H36N4O3S/c1-18(2)27(34-15-23-7-5-6-8-25(23)29(34)36)30(37)33-16-24(35)13-26(33)19(3)31-14-21-9-11-22(12-10-21)28-20(4)32-17-38-28/h5-12,17-19,24,26-27,31,35H,13-16H2,1-4H3/t19-,24-,26+,27+/m1/s1. The zero-order chi connectivity index (χ0) is 27.0. The van der Waals surface area contributed by atoms with Gasteiger partial charge in [-0.05, 0) is 48.9 Å². The van der Waals surface area contributed by atoms with E-state index in [1.807, 2.05) is 50.5 Å². The molecule has 7 nitrogen and oxygen atoms in total. The van der Waals surface area contributed by atoms with Crippen molar-refractivity contribution in [2.24, 2.45) is 5.92 Å². The number of amides is 2. The first-order chi connectivity index (χ1) is 18.2. The smallest absolute Gasteiger partial charge is 0.255 e. The van der Waals surface area contributed by atoms with E-state index >= 15 is 0 Å². The van der Waals surface area contributed by atoms with E-state index in [2.05, 4.69) is 41.5 Å². The van der Waals surface area contributed by atoms with Crippen LogP contribution >= 0.6 is 11.3 Å². The molecule has 0 unspecified atom stereocenters. The Labute approximate surface area is 228 Å². The van der Waals surface area contributed by atoms with Crippen molar-refractivity contribution in [3.05, 3.63) is 76.4 Å². The van der Waals surface area contributed by atoms with Crippen molar-refractivity contribution in [1.82, 2.24) is 20.1 Å². The summed E-state index contributed by atoms with van der Waals surface area (Å²) in [6.07, 6.45) is -0.0583. The Balaban J connectivity index is 1.27. The van der Waals surface area contributed by atoms with Gasteiger partial charge in [0.1, 0.15) is 6.04 Å². The Morgan fingerprint density at radius 2 is 1.89 bits per heavy atom. The Kier molecular flexibility index (Phi) is 7.66. The van der Waals surface area contributed by atoms with E-state index in [4.69, 9.17) is 0 Å². The van der Waals surface area contributed by atoms with Crippen molar-refractivity contribution in [1.29, 1.82) is 0 Å². The number of likely N-dealkylation sites (tertiary alicyclic amines) is 1. The second-order valence-electron chi connectivity index (χ2n) is 10.9. The lowest BCUT2D eigenvalue weighted by molar-refractivity contribution is -0.139. The molecule has 38 heavy (non-hydrogen) atoms. The minimum absolute atomic E-state index is 0.0289. The molecule has 3 heterocycles. The van der Waals surface area contributed by atoms with Gasteiger partial charge in [0.05, 0.1) is 22.2 Å². The number of fused-ring (bicyclic) bond motifs is 1. The van der Waals surface area contributed by atoms with Crippen molar-refractivity contribution < 1.29 is 14.7 Å². The normalized spacial score (nSPS) is 20.7. The summed E-state index contributed by atoms with van der Waals surface area (Å²) < 4.78 is 0. The van der Waals surface area contributed by atoms with Crippen LogP contribution in [0.2, 0.25) is 0 Å². The number of hydrogen-bond acceptors (Lipinski definition) is 6. The van der Waals surface area contributed by atoms with Gasteiger partial charge in [-0.3, -0.25) is 9.59 Å². The summed E-state index contributed by atoms with van der Waals surface area (Å²) >= 11 is 1.64. The summed E-state index contributed by atoms with van der Waals surface area (Å²) in [5.41, 5.74) is 6.86. The largest absolute Gasteiger partial charge is 0.391 e.